The molecule has 6 rings (SSSR count). The van der Waals surface area contributed by atoms with E-state index in [1.165, 1.54) is 32.7 Å². The smallest absolute Gasteiger partial charge is 0.170 e. The lowest BCUT2D eigenvalue weighted by atomic mass is 9.75. The Kier molecular flexibility index (Phi) is 5.15. The second-order valence-electron chi connectivity index (χ2n) is 9.35. The van der Waals surface area contributed by atoms with Gasteiger partial charge in [-0.05, 0) is 70.2 Å². The number of fused-ring (bicyclic) bond motifs is 5. The van der Waals surface area contributed by atoms with Gasteiger partial charge in [-0.15, -0.1) is 0 Å². The molecule has 1 aliphatic heterocycles. The highest BCUT2D eigenvalue weighted by Gasteiger charge is 2.31. The predicted octanol–water partition coefficient (Wildman–Crippen LogP) is 5.32. The van der Waals surface area contributed by atoms with Crippen LogP contribution in [0.25, 0.3) is 23.3 Å². The van der Waals surface area contributed by atoms with E-state index < -0.39 is 0 Å². The highest BCUT2D eigenvalue weighted by atomic mass is 16.1. The predicted molar refractivity (Wildman–Crippen MR) is 140 cm³/mol. The lowest BCUT2D eigenvalue weighted by Gasteiger charge is -2.30. The molecule has 1 heterocycles. The van der Waals surface area contributed by atoms with Crippen molar-refractivity contribution in [3.63, 3.8) is 0 Å². The summed E-state index contributed by atoms with van der Waals surface area (Å²) in [7, 11) is 0. The Labute approximate surface area is 200 Å². The number of ketones is 1. The minimum Gasteiger partial charge on any atom is -0.364 e. The van der Waals surface area contributed by atoms with Crippen molar-refractivity contribution >= 4 is 17.9 Å². The monoisotopic (exact) mass is 441 g/mol. The van der Waals surface area contributed by atoms with Crippen molar-refractivity contribution in [3.05, 3.63) is 130 Å². The van der Waals surface area contributed by atoms with Crippen LogP contribution in [-0.4, -0.2) is 5.78 Å². The Morgan fingerprint density at radius 1 is 0.882 bits per heavy atom. The lowest BCUT2D eigenvalue weighted by molar-refractivity contribution is 0.0943. The van der Waals surface area contributed by atoms with Crippen LogP contribution in [0, 0.1) is 12.8 Å². The van der Waals surface area contributed by atoms with E-state index in [9.17, 15) is 4.79 Å². The Balaban J connectivity index is 1.56. The van der Waals surface area contributed by atoms with Crippen molar-refractivity contribution in [2.75, 3.05) is 0 Å². The molecule has 3 aromatic rings. The molecule has 0 fully saturated rings. The zero-order valence-electron chi connectivity index (χ0n) is 19.3. The number of Topliss-reactive ketones (excluding diaryl/α,β-unsaturated/α-hetero) is 1. The zero-order valence-corrected chi connectivity index (χ0v) is 19.3. The highest BCUT2D eigenvalue weighted by molar-refractivity contribution is 6.02. The minimum absolute atomic E-state index is 0.126. The Bertz CT molecular complexity index is 1520. The van der Waals surface area contributed by atoms with Crippen molar-refractivity contribution in [3.8, 4) is 11.1 Å². The fourth-order valence-electron chi connectivity index (χ4n) is 5.64. The zero-order chi connectivity index (χ0) is 23.1. The first-order chi connectivity index (χ1) is 16.7. The largest absolute Gasteiger partial charge is 0.364 e. The van der Waals surface area contributed by atoms with Crippen LogP contribution in [0.3, 0.4) is 0 Å². The van der Waals surface area contributed by atoms with E-state index in [0.29, 0.717) is 0 Å². The summed E-state index contributed by atoms with van der Waals surface area (Å²) >= 11 is 0. The van der Waals surface area contributed by atoms with E-state index in [4.69, 9.17) is 0 Å². The van der Waals surface area contributed by atoms with Gasteiger partial charge in [0.15, 0.2) is 5.78 Å². The third-order valence-corrected chi connectivity index (χ3v) is 7.35. The van der Waals surface area contributed by atoms with Crippen LogP contribution in [0.5, 0.6) is 0 Å². The van der Waals surface area contributed by atoms with E-state index in [1.807, 2.05) is 49.5 Å². The molecule has 0 aromatic heterocycles. The highest BCUT2D eigenvalue weighted by Crippen LogP contribution is 2.35. The number of benzene rings is 3. The van der Waals surface area contributed by atoms with E-state index in [0.717, 1.165) is 29.7 Å². The topological polar surface area (TPSA) is 29.1 Å². The maximum atomic E-state index is 13.8. The van der Waals surface area contributed by atoms with E-state index in [2.05, 4.69) is 66.0 Å². The molecule has 2 aliphatic carbocycles. The standard InChI is InChI=1S/C32H27NO/c1-21-9-4-6-11-24(21)32(34)23-19-29-27-15-14-22-10-5-7-12-25(22)26(27)16-17-28(29)30(20-23)31-13-3-2-8-18-33-31/h2-13,15-19,23,30,33H,14,20H2,1H3. The maximum Gasteiger partial charge on any atom is 0.170 e. The molecule has 0 spiro atoms. The van der Waals surface area contributed by atoms with Gasteiger partial charge in [-0.25, -0.2) is 0 Å². The van der Waals surface area contributed by atoms with Crippen LogP contribution >= 0.6 is 0 Å². The summed E-state index contributed by atoms with van der Waals surface area (Å²) in [5.41, 5.74) is 8.23. The van der Waals surface area contributed by atoms with Gasteiger partial charge in [-0.2, -0.15) is 0 Å². The summed E-state index contributed by atoms with van der Waals surface area (Å²) in [6.07, 6.45) is 16.5. The van der Waals surface area contributed by atoms with Gasteiger partial charge >= 0.3 is 0 Å². The van der Waals surface area contributed by atoms with Crippen LogP contribution in [0.2, 0.25) is 0 Å². The number of rotatable bonds is 3. The van der Waals surface area contributed by atoms with Crippen molar-refractivity contribution < 1.29 is 4.79 Å². The molecule has 2 nitrogen and oxygen atoms in total. The molecule has 3 aliphatic rings. The normalized spacial score (nSPS) is 19.9. The molecule has 2 heteroatoms. The third-order valence-electron chi connectivity index (χ3n) is 7.35. The van der Waals surface area contributed by atoms with Crippen molar-refractivity contribution in [1.82, 2.24) is 5.32 Å². The molecule has 0 saturated carbocycles. The molecule has 166 valence electrons. The number of aryl methyl sites for hydroxylation is 1. The molecular weight excluding hydrogens is 414 g/mol. The average Bonchev–Trinajstić information content (AvgIpc) is 3.17. The summed E-state index contributed by atoms with van der Waals surface area (Å²) in [6, 6.07) is 21.2. The summed E-state index contributed by atoms with van der Waals surface area (Å²) in [5.74, 6) is 0.165. The number of allylic oxidation sites excluding steroid dienone is 5. The van der Waals surface area contributed by atoms with Crippen LogP contribution in [0.4, 0.5) is 0 Å². The van der Waals surface area contributed by atoms with Crippen molar-refractivity contribution in [2.45, 2.75) is 25.7 Å². The first-order valence-electron chi connectivity index (χ1n) is 12.0. The first kappa shape index (κ1) is 20.7. The summed E-state index contributed by atoms with van der Waals surface area (Å²) in [6.45, 7) is 2.03. The molecule has 0 saturated heterocycles. The van der Waals surface area contributed by atoms with E-state index in [-0.39, 0.29) is 17.6 Å². The molecule has 1 N–H and O–H groups in total. The molecule has 2 atom stereocenters. The molecule has 3 aromatic carbocycles. The number of hydrogen-bond donors (Lipinski definition) is 1. The second kappa shape index (κ2) is 8.46. The SMILES string of the molecule is Cc1ccccc1C(=O)C1C=c2c(ccc3c2=CCc2ccccc2-3)C(C2=CC=CC=CN2)C1. The van der Waals surface area contributed by atoms with Crippen LogP contribution in [-0.2, 0) is 6.42 Å². The quantitative estimate of drug-likeness (QED) is 0.557. The lowest BCUT2D eigenvalue weighted by Crippen LogP contribution is -2.40. The maximum absolute atomic E-state index is 13.8. The summed E-state index contributed by atoms with van der Waals surface area (Å²) < 4.78 is 0. The first-order valence-corrected chi connectivity index (χ1v) is 12.0. The number of carbonyl (C=O) groups is 1. The molecule has 0 bridgehead atoms. The fraction of sp³-hybridized carbons (Fsp3) is 0.156. The van der Waals surface area contributed by atoms with Gasteiger partial charge in [0.25, 0.3) is 0 Å². The van der Waals surface area contributed by atoms with E-state index >= 15 is 0 Å². The van der Waals surface area contributed by atoms with Crippen LogP contribution in [0.15, 0.2) is 96.9 Å². The number of nitrogens with one attached hydrogen (secondary N) is 1. The Hall–Kier alpha value is -3.91. The summed E-state index contributed by atoms with van der Waals surface area (Å²) in [4.78, 5) is 13.8. The second-order valence-corrected chi connectivity index (χ2v) is 9.35. The third kappa shape index (κ3) is 3.47. The minimum atomic E-state index is -0.172. The van der Waals surface area contributed by atoms with Gasteiger partial charge in [0.1, 0.15) is 0 Å². The van der Waals surface area contributed by atoms with Gasteiger partial charge in [0, 0.05) is 29.3 Å². The van der Waals surface area contributed by atoms with Crippen LogP contribution in [0.1, 0.15) is 39.4 Å². The van der Waals surface area contributed by atoms with Gasteiger partial charge in [0.2, 0.25) is 0 Å². The molecule has 2 unspecified atom stereocenters. The Morgan fingerprint density at radius 2 is 1.74 bits per heavy atom. The molecular formula is C32H27NO. The van der Waals surface area contributed by atoms with Gasteiger partial charge in [-0.1, -0.05) is 85.0 Å². The van der Waals surface area contributed by atoms with Crippen molar-refractivity contribution in [2.24, 2.45) is 5.92 Å². The molecule has 0 radical (unpaired) electrons. The summed E-state index contributed by atoms with van der Waals surface area (Å²) in [5, 5.41) is 5.97. The van der Waals surface area contributed by atoms with Gasteiger partial charge < -0.3 is 5.32 Å². The fourth-order valence-corrected chi connectivity index (χ4v) is 5.64. The molecule has 34 heavy (non-hydrogen) atoms. The van der Waals surface area contributed by atoms with Gasteiger partial charge in [-0.3, -0.25) is 4.79 Å². The van der Waals surface area contributed by atoms with Gasteiger partial charge in [0.05, 0.1) is 0 Å². The average molecular weight is 442 g/mol. The van der Waals surface area contributed by atoms with Crippen molar-refractivity contribution in [1.29, 1.82) is 0 Å². The van der Waals surface area contributed by atoms with E-state index in [1.54, 1.807) is 0 Å². The van der Waals surface area contributed by atoms with Crippen LogP contribution < -0.4 is 15.8 Å². The Morgan fingerprint density at radius 3 is 2.65 bits per heavy atom. The number of carbonyl (C=O) groups excluding carboxylic acids is 1. The number of hydrogen-bond acceptors (Lipinski definition) is 2. The molecule has 0 amide bonds.